The van der Waals surface area contributed by atoms with Crippen LogP contribution in [0.1, 0.15) is 33.6 Å². The van der Waals surface area contributed by atoms with Crippen molar-refractivity contribution in [1.82, 2.24) is 20.1 Å². The van der Waals surface area contributed by atoms with Crippen LogP contribution in [0.3, 0.4) is 0 Å². The fourth-order valence-electron chi connectivity index (χ4n) is 1.98. The molecule has 130 valence electrons. The van der Waals surface area contributed by atoms with Gasteiger partial charge in [-0.2, -0.15) is 0 Å². The van der Waals surface area contributed by atoms with Gasteiger partial charge in [0.25, 0.3) is 0 Å². The predicted molar refractivity (Wildman–Crippen MR) is 87.3 cm³/mol. The van der Waals surface area contributed by atoms with Gasteiger partial charge in [0.05, 0.1) is 12.9 Å². The largest absolute Gasteiger partial charge is 0.467 e. The summed E-state index contributed by atoms with van der Waals surface area (Å²) in [5, 5.41) is 9.43. The zero-order valence-electron chi connectivity index (χ0n) is 13.9. The van der Waals surface area contributed by atoms with Crippen molar-refractivity contribution >= 4 is 23.6 Å². The molecule has 0 aliphatic carbocycles. The molecule has 0 aliphatic rings. The summed E-state index contributed by atoms with van der Waals surface area (Å²) in [6.45, 7) is 6.31. The molecule has 0 aromatic carbocycles. The third-order valence-electron chi connectivity index (χ3n) is 3.49. The molecule has 8 nitrogen and oxygen atoms in total. The van der Waals surface area contributed by atoms with Gasteiger partial charge in [-0.1, -0.05) is 39.0 Å². The third-order valence-corrected chi connectivity index (χ3v) is 4.46. The van der Waals surface area contributed by atoms with Crippen LogP contribution in [-0.2, 0) is 20.9 Å². The number of nitrogens with zero attached hydrogens (tertiary/aromatic N) is 2. The number of H-pyrrole nitrogens is 1. The lowest BCUT2D eigenvalue weighted by Crippen LogP contribution is -2.46. The average molecular weight is 344 g/mol. The minimum Gasteiger partial charge on any atom is -0.467 e. The van der Waals surface area contributed by atoms with E-state index in [0.717, 1.165) is 24.6 Å². The Labute approximate surface area is 139 Å². The van der Waals surface area contributed by atoms with E-state index in [-0.39, 0.29) is 23.3 Å². The highest BCUT2D eigenvalue weighted by Crippen LogP contribution is 2.14. The highest BCUT2D eigenvalue weighted by molar-refractivity contribution is 7.99. The summed E-state index contributed by atoms with van der Waals surface area (Å²) in [5.74, 6) is -0.720. The first-order valence-corrected chi connectivity index (χ1v) is 8.58. The maximum Gasteiger partial charge on any atom is 0.343 e. The Balaban J connectivity index is 2.65. The lowest BCUT2D eigenvalue weighted by Gasteiger charge is -2.21. The van der Waals surface area contributed by atoms with Crippen LogP contribution in [0.5, 0.6) is 0 Å². The molecule has 0 saturated carbocycles. The van der Waals surface area contributed by atoms with Crippen LogP contribution < -0.4 is 11.0 Å². The van der Waals surface area contributed by atoms with Crippen LogP contribution in [0.4, 0.5) is 0 Å². The van der Waals surface area contributed by atoms with Crippen LogP contribution >= 0.6 is 11.8 Å². The Hall–Kier alpha value is -1.77. The Morgan fingerprint density at radius 1 is 1.43 bits per heavy atom. The van der Waals surface area contributed by atoms with Crippen molar-refractivity contribution in [2.75, 3.05) is 12.9 Å². The molecule has 2 atom stereocenters. The molecular formula is C14H24N4O4S. The van der Waals surface area contributed by atoms with E-state index < -0.39 is 12.0 Å². The van der Waals surface area contributed by atoms with Crippen molar-refractivity contribution in [3.63, 3.8) is 0 Å². The van der Waals surface area contributed by atoms with Crippen LogP contribution in [0.25, 0.3) is 0 Å². The SMILES string of the molecule is CCCn1c(SCC(=O)N[C@H](C(=O)OC)[C@H](C)CC)n[nH]c1=O. The lowest BCUT2D eigenvalue weighted by molar-refractivity contribution is -0.146. The fourth-order valence-corrected chi connectivity index (χ4v) is 2.76. The van der Waals surface area contributed by atoms with E-state index in [1.807, 2.05) is 20.8 Å². The maximum atomic E-state index is 12.1. The molecule has 23 heavy (non-hydrogen) atoms. The number of amides is 1. The van der Waals surface area contributed by atoms with Gasteiger partial charge in [-0.25, -0.2) is 14.7 Å². The summed E-state index contributed by atoms with van der Waals surface area (Å²) >= 11 is 1.15. The molecule has 0 radical (unpaired) electrons. The molecule has 1 aromatic heterocycles. The van der Waals surface area contributed by atoms with Crippen molar-refractivity contribution in [3.05, 3.63) is 10.5 Å². The van der Waals surface area contributed by atoms with Gasteiger partial charge in [0.1, 0.15) is 6.04 Å². The fraction of sp³-hybridized carbons (Fsp3) is 0.714. The minimum atomic E-state index is -0.671. The van der Waals surface area contributed by atoms with Crippen LogP contribution in [0.2, 0.25) is 0 Å². The number of methoxy groups -OCH3 is 1. The Morgan fingerprint density at radius 3 is 2.70 bits per heavy atom. The van der Waals surface area contributed by atoms with E-state index in [1.54, 1.807) is 0 Å². The molecule has 0 spiro atoms. The van der Waals surface area contributed by atoms with Crippen molar-refractivity contribution < 1.29 is 14.3 Å². The van der Waals surface area contributed by atoms with Gasteiger partial charge in [-0.15, -0.1) is 5.10 Å². The van der Waals surface area contributed by atoms with Crippen LogP contribution in [0.15, 0.2) is 9.95 Å². The van der Waals surface area contributed by atoms with Gasteiger partial charge < -0.3 is 10.1 Å². The smallest absolute Gasteiger partial charge is 0.343 e. The number of aromatic amines is 1. The Morgan fingerprint density at radius 2 is 2.13 bits per heavy atom. The van der Waals surface area contributed by atoms with E-state index in [4.69, 9.17) is 4.74 Å². The summed E-state index contributed by atoms with van der Waals surface area (Å²) in [4.78, 5) is 35.4. The molecule has 0 bridgehead atoms. The molecule has 2 N–H and O–H groups in total. The number of carbonyl (C=O) groups excluding carboxylic acids is 2. The molecule has 9 heteroatoms. The number of ether oxygens (including phenoxy) is 1. The molecular weight excluding hydrogens is 320 g/mol. The number of carbonyl (C=O) groups is 2. The van der Waals surface area contributed by atoms with Crippen LogP contribution in [-0.4, -0.2) is 45.5 Å². The number of thioether (sulfide) groups is 1. The maximum absolute atomic E-state index is 12.1. The van der Waals surface area contributed by atoms with Gasteiger partial charge in [-0.3, -0.25) is 9.36 Å². The highest BCUT2D eigenvalue weighted by Gasteiger charge is 2.26. The second-order valence-corrected chi connectivity index (χ2v) is 6.15. The van der Waals surface area contributed by atoms with Crippen molar-refractivity contribution in [2.45, 2.75) is 51.4 Å². The first-order valence-electron chi connectivity index (χ1n) is 7.59. The summed E-state index contributed by atoms with van der Waals surface area (Å²) in [6.07, 6.45) is 1.53. The molecule has 0 fully saturated rings. The summed E-state index contributed by atoms with van der Waals surface area (Å²) < 4.78 is 6.22. The quantitative estimate of drug-likeness (QED) is 0.506. The Bertz CT molecular complexity index is 584. The highest BCUT2D eigenvalue weighted by atomic mass is 32.2. The van der Waals surface area contributed by atoms with E-state index in [0.29, 0.717) is 11.7 Å². The molecule has 0 unspecified atom stereocenters. The van der Waals surface area contributed by atoms with E-state index in [1.165, 1.54) is 11.7 Å². The number of hydrogen-bond acceptors (Lipinski definition) is 6. The van der Waals surface area contributed by atoms with Gasteiger partial charge in [-0.05, 0) is 12.3 Å². The number of hydrogen-bond donors (Lipinski definition) is 2. The van der Waals surface area contributed by atoms with E-state index in [9.17, 15) is 14.4 Å². The predicted octanol–water partition coefficient (Wildman–Crippen LogP) is 0.777. The first-order chi connectivity index (χ1) is 10.9. The normalized spacial score (nSPS) is 13.4. The molecule has 1 heterocycles. The second-order valence-electron chi connectivity index (χ2n) is 5.21. The number of esters is 1. The minimum absolute atomic E-state index is 0.0277. The zero-order valence-corrected chi connectivity index (χ0v) is 14.7. The topological polar surface area (TPSA) is 106 Å². The van der Waals surface area contributed by atoms with Gasteiger partial charge in [0.2, 0.25) is 5.91 Å². The monoisotopic (exact) mass is 344 g/mol. The lowest BCUT2D eigenvalue weighted by atomic mass is 9.99. The van der Waals surface area contributed by atoms with Gasteiger partial charge in [0, 0.05) is 6.54 Å². The average Bonchev–Trinajstić information content (AvgIpc) is 2.90. The standard InChI is InChI=1S/C14H24N4O4S/c1-5-7-18-13(21)16-17-14(18)23-8-10(19)15-11(9(3)6-2)12(20)22-4/h9,11H,5-8H2,1-4H3,(H,15,19)(H,16,21)/t9-,11+/m1/s1. The Kier molecular flexibility index (Phi) is 7.87. The summed E-state index contributed by atoms with van der Waals surface area (Å²) in [7, 11) is 1.30. The zero-order chi connectivity index (χ0) is 17.4. The molecule has 1 aromatic rings. The molecule has 1 amide bonds. The molecule has 0 saturated heterocycles. The van der Waals surface area contributed by atoms with Crippen molar-refractivity contribution in [2.24, 2.45) is 5.92 Å². The van der Waals surface area contributed by atoms with Crippen molar-refractivity contribution in [3.8, 4) is 0 Å². The van der Waals surface area contributed by atoms with Crippen molar-refractivity contribution in [1.29, 1.82) is 0 Å². The number of rotatable bonds is 9. The van der Waals surface area contributed by atoms with E-state index in [2.05, 4.69) is 15.5 Å². The molecule has 1 rings (SSSR count). The number of nitrogens with one attached hydrogen (secondary N) is 2. The third kappa shape index (κ3) is 5.42. The first kappa shape index (κ1) is 19.3. The second kappa shape index (κ2) is 9.39. The van der Waals surface area contributed by atoms with Gasteiger partial charge in [0.15, 0.2) is 5.16 Å². The van der Waals surface area contributed by atoms with Gasteiger partial charge >= 0.3 is 11.7 Å². The molecule has 0 aliphatic heterocycles. The summed E-state index contributed by atoms with van der Waals surface area (Å²) in [5.41, 5.74) is -0.290. The van der Waals surface area contributed by atoms with E-state index >= 15 is 0 Å². The summed E-state index contributed by atoms with van der Waals surface area (Å²) in [6, 6.07) is -0.671. The van der Waals surface area contributed by atoms with Crippen LogP contribution in [0, 0.1) is 5.92 Å². The number of aromatic nitrogens is 3.